The lowest BCUT2D eigenvalue weighted by Gasteiger charge is -2.29. The van der Waals surface area contributed by atoms with Crippen LogP contribution < -0.4 is 4.74 Å². The van der Waals surface area contributed by atoms with E-state index in [9.17, 15) is 5.11 Å². The minimum absolute atomic E-state index is 0.288. The third-order valence-electron chi connectivity index (χ3n) is 4.83. The van der Waals surface area contributed by atoms with Crippen molar-refractivity contribution in [3.05, 3.63) is 23.3 Å². The molecule has 2 aliphatic rings. The molecule has 0 spiro atoms. The zero-order valence-electron chi connectivity index (χ0n) is 11.1. The molecular weight excluding hydrogens is 224 g/mol. The zero-order valence-corrected chi connectivity index (χ0v) is 11.1. The first kappa shape index (κ1) is 11.9. The van der Waals surface area contributed by atoms with E-state index in [0.29, 0.717) is 5.75 Å². The highest BCUT2D eigenvalue weighted by atomic mass is 16.5. The molecule has 3 rings (SSSR count). The van der Waals surface area contributed by atoms with Crippen LogP contribution in [0.5, 0.6) is 11.5 Å². The van der Waals surface area contributed by atoms with Gasteiger partial charge in [-0.1, -0.05) is 25.7 Å². The smallest absolute Gasteiger partial charge is 0.160 e. The standard InChI is InChI=1S/C16H22O2/c1-18-16-10-14-8-12(11-4-2-3-5-11)6-7-13(14)9-15(16)17/h9-12,17H,2-8H2,1H3. The van der Waals surface area contributed by atoms with Crippen molar-refractivity contribution >= 4 is 0 Å². The lowest BCUT2D eigenvalue weighted by Crippen LogP contribution is -2.20. The van der Waals surface area contributed by atoms with Crippen molar-refractivity contribution in [2.45, 2.75) is 44.9 Å². The number of aryl methyl sites for hydroxylation is 1. The summed E-state index contributed by atoms with van der Waals surface area (Å²) < 4.78 is 5.22. The molecule has 1 N–H and O–H groups in total. The molecule has 0 heterocycles. The molecule has 1 saturated carbocycles. The van der Waals surface area contributed by atoms with E-state index >= 15 is 0 Å². The molecule has 2 heteroatoms. The fraction of sp³-hybridized carbons (Fsp3) is 0.625. The van der Waals surface area contributed by atoms with Crippen LogP contribution in [-0.4, -0.2) is 12.2 Å². The molecule has 98 valence electrons. The van der Waals surface area contributed by atoms with Gasteiger partial charge in [-0.15, -0.1) is 0 Å². The number of aromatic hydroxyl groups is 1. The highest BCUT2D eigenvalue weighted by Gasteiger charge is 2.29. The fourth-order valence-electron chi connectivity index (χ4n) is 3.80. The van der Waals surface area contributed by atoms with Crippen LogP contribution in [0.3, 0.4) is 0 Å². The lowest BCUT2D eigenvalue weighted by atomic mass is 9.76. The Balaban J connectivity index is 1.82. The number of ether oxygens (including phenoxy) is 1. The van der Waals surface area contributed by atoms with Gasteiger partial charge in [-0.25, -0.2) is 0 Å². The van der Waals surface area contributed by atoms with E-state index in [2.05, 4.69) is 0 Å². The largest absolute Gasteiger partial charge is 0.504 e. The Morgan fingerprint density at radius 1 is 1.06 bits per heavy atom. The molecule has 1 unspecified atom stereocenters. The average molecular weight is 246 g/mol. The van der Waals surface area contributed by atoms with Gasteiger partial charge in [-0.05, 0) is 54.4 Å². The summed E-state index contributed by atoms with van der Waals surface area (Å²) in [7, 11) is 1.62. The monoisotopic (exact) mass is 246 g/mol. The summed E-state index contributed by atoms with van der Waals surface area (Å²) in [6.07, 6.45) is 9.29. The Morgan fingerprint density at radius 2 is 1.83 bits per heavy atom. The Hall–Kier alpha value is -1.18. The predicted octanol–water partition coefficient (Wildman–Crippen LogP) is 3.70. The molecule has 1 atom stereocenters. The summed E-state index contributed by atoms with van der Waals surface area (Å²) >= 11 is 0. The van der Waals surface area contributed by atoms with Gasteiger partial charge in [0, 0.05) is 0 Å². The first-order valence-corrected chi connectivity index (χ1v) is 7.16. The van der Waals surface area contributed by atoms with E-state index in [0.717, 1.165) is 18.3 Å². The van der Waals surface area contributed by atoms with Gasteiger partial charge in [0.15, 0.2) is 11.5 Å². The van der Waals surface area contributed by atoms with E-state index in [-0.39, 0.29) is 5.75 Å². The molecular formula is C16H22O2. The molecule has 1 aromatic rings. The third-order valence-corrected chi connectivity index (χ3v) is 4.83. The molecule has 1 aromatic carbocycles. The van der Waals surface area contributed by atoms with Gasteiger partial charge in [-0.3, -0.25) is 0 Å². The minimum Gasteiger partial charge on any atom is -0.504 e. The summed E-state index contributed by atoms with van der Waals surface area (Å²) in [6.45, 7) is 0. The summed E-state index contributed by atoms with van der Waals surface area (Å²) in [5.41, 5.74) is 2.72. The third kappa shape index (κ3) is 2.09. The number of hydrogen-bond acceptors (Lipinski definition) is 2. The molecule has 0 aromatic heterocycles. The van der Waals surface area contributed by atoms with Crippen molar-refractivity contribution in [1.82, 2.24) is 0 Å². The van der Waals surface area contributed by atoms with Crippen LogP contribution in [0.25, 0.3) is 0 Å². The molecule has 2 nitrogen and oxygen atoms in total. The second-order valence-corrected chi connectivity index (χ2v) is 5.84. The maximum Gasteiger partial charge on any atom is 0.160 e. The number of phenols is 1. The molecule has 2 aliphatic carbocycles. The summed E-state index contributed by atoms with van der Waals surface area (Å²) in [4.78, 5) is 0. The van der Waals surface area contributed by atoms with Gasteiger partial charge < -0.3 is 9.84 Å². The summed E-state index contributed by atoms with van der Waals surface area (Å²) in [5.74, 6) is 2.71. The Kier molecular flexibility index (Phi) is 3.19. The maximum absolute atomic E-state index is 9.82. The SMILES string of the molecule is COc1cc2c(cc1O)CCC(C1CCCC1)C2. The van der Waals surface area contributed by atoms with Crippen LogP contribution in [0.4, 0.5) is 0 Å². The van der Waals surface area contributed by atoms with E-state index in [4.69, 9.17) is 4.74 Å². The van der Waals surface area contributed by atoms with Crippen molar-refractivity contribution in [2.24, 2.45) is 11.8 Å². The minimum atomic E-state index is 0.288. The fourth-order valence-corrected chi connectivity index (χ4v) is 3.80. The van der Waals surface area contributed by atoms with E-state index < -0.39 is 0 Å². The molecule has 0 radical (unpaired) electrons. The van der Waals surface area contributed by atoms with Gasteiger partial charge in [0.2, 0.25) is 0 Å². The number of hydrogen-bond donors (Lipinski definition) is 1. The number of benzene rings is 1. The second-order valence-electron chi connectivity index (χ2n) is 5.84. The topological polar surface area (TPSA) is 29.5 Å². The Morgan fingerprint density at radius 3 is 2.56 bits per heavy atom. The zero-order chi connectivity index (χ0) is 12.5. The van der Waals surface area contributed by atoms with E-state index in [1.165, 1.54) is 49.7 Å². The average Bonchev–Trinajstić information content (AvgIpc) is 2.91. The second kappa shape index (κ2) is 4.83. The number of phenolic OH excluding ortho intramolecular Hbond substituents is 1. The van der Waals surface area contributed by atoms with Crippen molar-refractivity contribution in [3.63, 3.8) is 0 Å². The number of fused-ring (bicyclic) bond motifs is 1. The molecule has 0 aliphatic heterocycles. The molecule has 0 saturated heterocycles. The van der Waals surface area contributed by atoms with Crippen LogP contribution in [0.15, 0.2) is 12.1 Å². The van der Waals surface area contributed by atoms with Crippen molar-refractivity contribution in [2.75, 3.05) is 7.11 Å². The quantitative estimate of drug-likeness (QED) is 0.862. The van der Waals surface area contributed by atoms with Crippen molar-refractivity contribution < 1.29 is 9.84 Å². The Labute approximate surface area is 109 Å². The maximum atomic E-state index is 9.82. The highest BCUT2D eigenvalue weighted by Crippen LogP contribution is 2.41. The van der Waals surface area contributed by atoms with Gasteiger partial charge in [0.05, 0.1) is 7.11 Å². The predicted molar refractivity (Wildman–Crippen MR) is 72.1 cm³/mol. The first-order valence-electron chi connectivity index (χ1n) is 7.16. The number of methoxy groups -OCH3 is 1. The number of rotatable bonds is 2. The molecule has 18 heavy (non-hydrogen) atoms. The van der Waals surface area contributed by atoms with Crippen LogP contribution in [0.2, 0.25) is 0 Å². The molecule has 0 bridgehead atoms. The van der Waals surface area contributed by atoms with Gasteiger partial charge in [0.1, 0.15) is 0 Å². The van der Waals surface area contributed by atoms with Gasteiger partial charge >= 0.3 is 0 Å². The highest BCUT2D eigenvalue weighted by molar-refractivity contribution is 5.47. The van der Waals surface area contributed by atoms with Crippen LogP contribution in [-0.2, 0) is 12.8 Å². The normalized spacial score (nSPS) is 23.9. The van der Waals surface area contributed by atoms with Gasteiger partial charge in [-0.2, -0.15) is 0 Å². The van der Waals surface area contributed by atoms with Crippen molar-refractivity contribution in [3.8, 4) is 11.5 Å². The van der Waals surface area contributed by atoms with Gasteiger partial charge in [0.25, 0.3) is 0 Å². The summed E-state index contributed by atoms with van der Waals surface area (Å²) in [6, 6.07) is 3.95. The Bertz CT molecular complexity index is 433. The lowest BCUT2D eigenvalue weighted by molar-refractivity contribution is 0.302. The van der Waals surface area contributed by atoms with E-state index in [1.54, 1.807) is 7.11 Å². The summed E-state index contributed by atoms with van der Waals surface area (Å²) in [5, 5.41) is 9.82. The van der Waals surface area contributed by atoms with Crippen LogP contribution in [0, 0.1) is 11.8 Å². The molecule has 0 amide bonds. The van der Waals surface area contributed by atoms with E-state index in [1.807, 2.05) is 12.1 Å². The first-order chi connectivity index (χ1) is 8.78. The van der Waals surface area contributed by atoms with Crippen molar-refractivity contribution in [1.29, 1.82) is 0 Å². The van der Waals surface area contributed by atoms with Crippen LogP contribution in [0.1, 0.15) is 43.2 Å². The molecule has 1 fully saturated rings. The van der Waals surface area contributed by atoms with Crippen LogP contribution >= 0.6 is 0 Å².